The summed E-state index contributed by atoms with van der Waals surface area (Å²) in [6.07, 6.45) is 1.21. The van der Waals surface area contributed by atoms with E-state index in [1.165, 1.54) is 17.0 Å². The van der Waals surface area contributed by atoms with Crippen LogP contribution in [-0.4, -0.2) is 29.9 Å². The lowest BCUT2D eigenvalue weighted by Crippen LogP contribution is -2.30. The number of carbonyl (C=O) groups is 2. The van der Waals surface area contributed by atoms with E-state index >= 15 is 0 Å². The Morgan fingerprint density at radius 1 is 1.11 bits per heavy atom. The Morgan fingerprint density at radius 2 is 1.72 bits per heavy atom. The summed E-state index contributed by atoms with van der Waals surface area (Å²) in [6.45, 7) is 0.779. The van der Waals surface area contributed by atoms with Crippen LogP contribution >= 0.6 is 0 Å². The molecular formula is C13H14FNO3. The van der Waals surface area contributed by atoms with Gasteiger partial charge in [0, 0.05) is 19.4 Å². The second-order valence-corrected chi connectivity index (χ2v) is 4.10. The summed E-state index contributed by atoms with van der Waals surface area (Å²) in [5.74, 6) is 0.0506. The zero-order valence-electron chi connectivity index (χ0n) is 9.89. The van der Waals surface area contributed by atoms with Crippen molar-refractivity contribution in [2.24, 2.45) is 0 Å². The van der Waals surface area contributed by atoms with E-state index in [9.17, 15) is 14.0 Å². The lowest BCUT2D eigenvalue weighted by molar-refractivity contribution is -0.138. The summed E-state index contributed by atoms with van der Waals surface area (Å²) in [5, 5.41) is 0. The third kappa shape index (κ3) is 3.06. The van der Waals surface area contributed by atoms with E-state index in [0.29, 0.717) is 38.2 Å². The van der Waals surface area contributed by atoms with E-state index in [1.54, 1.807) is 12.1 Å². The van der Waals surface area contributed by atoms with Gasteiger partial charge >= 0.3 is 0 Å². The molecule has 1 fully saturated rings. The fourth-order valence-corrected chi connectivity index (χ4v) is 1.82. The minimum atomic E-state index is -0.310. The van der Waals surface area contributed by atoms with Crippen molar-refractivity contribution < 1.29 is 18.7 Å². The van der Waals surface area contributed by atoms with E-state index in [2.05, 4.69) is 0 Å². The molecule has 0 saturated carbocycles. The zero-order chi connectivity index (χ0) is 13.0. The molecule has 0 aliphatic carbocycles. The Bertz CT molecular complexity index is 428. The number of imide groups is 1. The smallest absolute Gasteiger partial charge is 0.229 e. The Balaban J connectivity index is 1.71. The first-order valence-corrected chi connectivity index (χ1v) is 5.88. The Kier molecular flexibility index (Phi) is 3.92. The number of likely N-dealkylation sites (tertiary alicyclic amines) is 1. The molecule has 2 rings (SSSR count). The summed E-state index contributed by atoms with van der Waals surface area (Å²) >= 11 is 0. The van der Waals surface area contributed by atoms with Gasteiger partial charge in [-0.1, -0.05) is 0 Å². The Hall–Kier alpha value is -1.91. The molecule has 0 aromatic heterocycles. The van der Waals surface area contributed by atoms with Gasteiger partial charge in [-0.05, 0) is 30.7 Å². The quantitative estimate of drug-likeness (QED) is 0.591. The molecule has 5 heteroatoms. The van der Waals surface area contributed by atoms with E-state index in [1.807, 2.05) is 0 Å². The number of amides is 2. The van der Waals surface area contributed by atoms with E-state index in [-0.39, 0.29) is 17.6 Å². The molecule has 1 aliphatic heterocycles. The molecule has 1 aromatic rings. The number of hydrogen-bond acceptors (Lipinski definition) is 3. The minimum absolute atomic E-state index is 0.109. The van der Waals surface area contributed by atoms with Crippen molar-refractivity contribution in [3.05, 3.63) is 30.1 Å². The Morgan fingerprint density at radius 3 is 2.33 bits per heavy atom. The van der Waals surface area contributed by atoms with Crippen LogP contribution in [0.25, 0.3) is 0 Å². The summed E-state index contributed by atoms with van der Waals surface area (Å²) < 4.78 is 18.0. The van der Waals surface area contributed by atoms with Crippen molar-refractivity contribution in [3.63, 3.8) is 0 Å². The molecule has 0 unspecified atom stereocenters. The lowest BCUT2D eigenvalue weighted by Gasteiger charge is -2.13. The maximum Gasteiger partial charge on any atom is 0.229 e. The fraction of sp³-hybridized carbons (Fsp3) is 0.385. The maximum atomic E-state index is 12.6. The van der Waals surface area contributed by atoms with Gasteiger partial charge in [0.15, 0.2) is 0 Å². The van der Waals surface area contributed by atoms with Crippen molar-refractivity contribution in [1.29, 1.82) is 0 Å². The number of ether oxygens (including phenoxy) is 1. The zero-order valence-corrected chi connectivity index (χ0v) is 9.89. The third-order valence-corrected chi connectivity index (χ3v) is 2.76. The summed E-state index contributed by atoms with van der Waals surface area (Å²) in [4.78, 5) is 23.9. The second-order valence-electron chi connectivity index (χ2n) is 4.10. The molecule has 2 amide bonds. The largest absolute Gasteiger partial charge is 0.494 e. The molecule has 1 aliphatic rings. The van der Waals surface area contributed by atoms with Crippen LogP contribution in [0.3, 0.4) is 0 Å². The van der Waals surface area contributed by atoms with Crippen molar-refractivity contribution in [2.45, 2.75) is 19.3 Å². The first-order chi connectivity index (χ1) is 8.66. The summed E-state index contributed by atoms with van der Waals surface area (Å²) in [7, 11) is 0. The molecule has 96 valence electrons. The van der Waals surface area contributed by atoms with E-state index < -0.39 is 0 Å². The number of carbonyl (C=O) groups excluding carboxylic acids is 2. The van der Waals surface area contributed by atoms with Crippen LogP contribution in [0, 0.1) is 5.82 Å². The number of hydrogen-bond donors (Lipinski definition) is 0. The van der Waals surface area contributed by atoms with Crippen LogP contribution in [0.2, 0.25) is 0 Å². The average Bonchev–Trinajstić information content (AvgIpc) is 2.68. The molecule has 4 nitrogen and oxygen atoms in total. The molecule has 0 bridgehead atoms. The lowest BCUT2D eigenvalue weighted by atomic mass is 10.3. The third-order valence-electron chi connectivity index (χ3n) is 2.76. The summed E-state index contributed by atoms with van der Waals surface area (Å²) in [6, 6.07) is 5.73. The maximum absolute atomic E-state index is 12.6. The van der Waals surface area contributed by atoms with Crippen molar-refractivity contribution in [3.8, 4) is 5.75 Å². The number of rotatable bonds is 5. The van der Waals surface area contributed by atoms with Crippen LogP contribution in [0.1, 0.15) is 19.3 Å². The van der Waals surface area contributed by atoms with Gasteiger partial charge in [-0.3, -0.25) is 14.5 Å². The van der Waals surface area contributed by atoms with Crippen LogP contribution in [0.15, 0.2) is 24.3 Å². The van der Waals surface area contributed by atoms with Gasteiger partial charge in [-0.25, -0.2) is 4.39 Å². The molecule has 18 heavy (non-hydrogen) atoms. The monoisotopic (exact) mass is 251 g/mol. The first kappa shape index (κ1) is 12.5. The SMILES string of the molecule is O=C1CCC(=O)N1CCCOc1ccc(F)cc1. The van der Waals surface area contributed by atoms with Gasteiger partial charge in [0.2, 0.25) is 11.8 Å². The standard InChI is InChI=1S/C13H14FNO3/c14-10-2-4-11(5-3-10)18-9-1-8-15-12(16)6-7-13(15)17/h2-5H,1,6-9H2. The highest BCUT2D eigenvalue weighted by Crippen LogP contribution is 2.13. The van der Waals surface area contributed by atoms with E-state index in [0.717, 1.165) is 0 Å². The minimum Gasteiger partial charge on any atom is -0.494 e. The van der Waals surface area contributed by atoms with Gasteiger partial charge in [-0.15, -0.1) is 0 Å². The molecule has 1 saturated heterocycles. The van der Waals surface area contributed by atoms with Crippen molar-refractivity contribution in [2.75, 3.05) is 13.2 Å². The van der Waals surface area contributed by atoms with Gasteiger partial charge in [0.25, 0.3) is 0 Å². The first-order valence-electron chi connectivity index (χ1n) is 5.88. The van der Waals surface area contributed by atoms with Gasteiger partial charge < -0.3 is 4.74 Å². The van der Waals surface area contributed by atoms with Crippen LogP contribution < -0.4 is 4.74 Å². The second kappa shape index (κ2) is 5.62. The molecular weight excluding hydrogens is 237 g/mol. The van der Waals surface area contributed by atoms with Crippen LogP contribution in [-0.2, 0) is 9.59 Å². The molecule has 0 atom stereocenters. The highest BCUT2D eigenvalue weighted by atomic mass is 19.1. The Labute approximate surface area is 104 Å². The molecule has 1 heterocycles. The van der Waals surface area contributed by atoms with Gasteiger partial charge in [0.1, 0.15) is 11.6 Å². The van der Waals surface area contributed by atoms with Crippen molar-refractivity contribution >= 4 is 11.8 Å². The van der Waals surface area contributed by atoms with Crippen LogP contribution in [0.5, 0.6) is 5.75 Å². The highest BCUT2D eigenvalue weighted by molar-refractivity contribution is 6.01. The highest BCUT2D eigenvalue weighted by Gasteiger charge is 2.27. The van der Waals surface area contributed by atoms with Gasteiger partial charge in [-0.2, -0.15) is 0 Å². The normalized spacial score (nSPS) is 15.3. The van der Waals surface area contributed by atoms with Crippen molar-refractivity contribution in [1.82, 2.24) is 4.90 Å². The predicted octanol–water partition coefficient (Wildman–Crippen LogP) is 1.74. The average molecular weight is 251 g/mol. The predicted molar refractivity (Wildman–Crippen MR) is 62.5 cm³/mol. The molecule has 0 N–H and O–H groups in total. The molecule has 0 radical (unpaired) electrons. The fourth-order valence-electron chi connectivity index (χ4n) is 1.82. The van der Waals surface area contributed by atoms with Gasteiger partial charge in [0.05, 0.1) is 6.61 Å². The number of benzene rings is 1. The molecule has 1 aromatic carbocycles. The van der Waals surface area contributed by atoms with Crippen LogP contribution in [0.4, 0.5) is 4.39 Å². The topological polar surface area (TPSA) is 46.6 Å². The summed E-state index contributed by atoms with van der Waals surface area (Å²) in [5.41, 5.74) is 0. The number of nitrogens with zero attached hydrogens (tertiary/aromatic N) is 1. The van der Waals surface area contributed by atoms with E-state index in [4.69, 9.17) is 4.74 Å². The number of halogens is 1. The molecule has 0 spiro atoms.